The minimum Gasteiger partial charge on any atom is -0.497 e. The number of nitrogens with one attached hydrogen (secondary N) is 2. The van der Waals surface area contributed by atoms with Crippen molar-refractivity contribution in [2.45, 2.75) is 6.54 Å². The molecule has 5 nitrogen and oxygen atoms in total. The van der Waals surface area contributed by atoms with E-state index in [9.17, 15) is 9.59 Å². The van der Waals surface area contributed by atoms with Crippen LogP contribution < -0.4 is 15.4 Å². The molecule has 4 aromatic carbocycles. The van der Waals surface area contributed by atoms with Gasteiger partial charge in [-0.2, -0.15) is 0 Å². The fourth-order valence-electron chi connectivity index (χ4n) is 3.62. The van der Waals surface area contributed by atoms with Gasteiger partial charge in [-0.15, -0.1) is 0 Å². The van der Waals surface area contributed by atoms with E-state index in [0.717, 1.165) is 22.4 Å². The van der Waals surface area contributed by atoms with Crippen molar-refractivity contribution in [2.75, 3.05) is 12.4 Å². The van der Waals surface area contributed by atoms with Crippen LogP contribution in [-0.2, 0) is 11.3 Å². The first-order chi connectivity index (χ1) is 17.1. The third-order valence-corrected chi connectivity index (χ3v) is 5.47. The summed E-state index contributed by atoms with van der Waals surface area (Å²) in [4.78, 5) is 26.4. The molecule has 0 unspecified atom stereocenters. The monoisotopic (exact) mass is 462 g/mol. The van der Waals surface area contributed by atoms with Crippen molar-refractivity contribution in [3.63, 3.8) is 0 Å². The first-order valence-electron chi connectivity index (χ1n) is 11.3. The van der Waals surface area contributed by atoms with E-state index >= 15 is 0 Å². The Balaban J connectivity index is 1.58. The standard InChI is InChI=1S/C30H26N2O3/c1-35-25-18-16-22(17-19-25)20-27(24-12-6-3-7-13-24)30(34)32-28-15-9-8-14-26(28)29(33)31-21-23-10-4-2-5-11-23/h2-20H,21H2,1H3,(H,31,33)(H,32,34)/b27-20+. The van der Waals surface area contributed by atoms with E-state index in [0.29, 0.717) is 23.4 Å². The van der Waals surface area contributed by atoms with Gasteiger partial charge in [-0.05, 0) is 47.0 Å². The Bertz CT molecular complexity index is 1310. The molecule has 2 N–H and O–H groups in total. The third-order valence-electron chi connectivity index (χ3n) is 5.47. The zero-order valence-electron chi connectivity index (χ0n) is 19.4. The average molecular weight is 463 g/mol. The summed E-state index contributed by atoms with van der Waals surface area (Å²) in [5, 5.41) is 5.86. The molecule has 0 bridgehead atoms. The summed E-state index contributed by atoms with van der Waals surface area (Å²) in [5.74, 6) is 0.170. The van der Waals surface area contributed by atoms with E-state index in [1.165, 1.54) is 0 Å². The number of benzene rings is 4. The maximum atomic E-state index is 13.5. The summed E-state index contributed by atoms with van der Waals surface area (Å²) in [6, 6.07) is 33.6. The van der Waals surface area contributed by atoms with Crippen LogP contribution in [-0.4, -0.2) is 18.9 Å². The molecule has 0 aliphatic heterocycles. The molecule has 0 spiro atoms. The lowest BCUT2D eigenvalue weighted by Gasteiger charge is -2.14. The zero-order chi connectivity index (χ0) is 24.5. The largest absolute Gasteiger partial charge is 0.497 e. The smallest absolute Gasteiger partial charge is 0.256 e. The first-order valence-corrected chi connectivity index (χ1v) is 11.3. The van der Waals surface area contributed by atoms with Crippen LogP contribution in [0.1, 0.15) is 27.0 Å². The summed E-state index contributed by atoms with van der Waals surface area (Å²) < 4.78 is 5.23. The Morgan fingerprint density at radius 3 is 2.09 bits per heavy atom. The number of para-hydroxylation sites is 1. The third kappa shape index (κ3) is 6.24. The van der Waals surface area contributed by atoms with Crippen LogP contribution in [0.4, 0.5) is 5.69 Å². The number of anilines is 1. The number of carbonyl (C=O) groups excluding carboxylic acids is 2. The molecule has 0 saturated carbocycles. The van der Waals surface area contributed by atoms with Gasteiger partial charge in [0.25, 0.3) is 11.8 Å². The summed E-state index contributed by atoms with van der Waals surface area (Å²) >= 11 is 0. The number of amides is 2. The number of methoxy groups -OCH3 is 1. The summed E-state index contributed by atoms with van der Waals surface area (Å²) in [6.45, 7) is 0.397. The minimum absolute atomic E-state index is 0.259. The molecular formula is C30H26N2O3. The van der Waals surface area contributed by atoms with Crippen LogP contribution >= 0.6 is 0 Å². The van der Waals surface area contributed by atoms with Gasteiger partial charge in [0.1, 0.15) is 5.75 Å². The Morgan fingerprint density at radius 2 is 1.40 bits per heavy atom. The molecule has 0 fully saturated rings. The van der Waals surface area contributed by atoms with E-state index in [1.54, 1.807) is 31.4 Å². The lowest BCUT2D eigenvalue weighted by molar-refractivity contribution is -0.111. The fraction of sp³-hybridized carbons (Fsp3) is 0.0667. The Labute approximate surface area is 205 Å². The van der Waals surface area contributed by atoms with Gasteiger partial charge in [0, 0.05) is 12.1 Å². The van der Waals surface area contributed by atoms with Crippen molar-refractivity contribution in [1.29, 1.82) is 0 Å². The van der Waals surface area contributed by atoms with Crippen molar-refractivity contribution < 1.29 is 14.3 Å². The zero-order valence-corrected chi connectivity index (χ0v) is 19.4. The van der Waals surface area contributed by atoms with E-state index in [4.69, 9.17) is 4.74 Å². The van der Waals surface area contributed by atoms with Gasteiger partial charge in [0.2, 0.25) is 0 Å². The number of rotatable bonds is 8. The highest BCUT2D eigenvalue weighted by atomic mass is 16.5. The molecule has 0 atom stereocenters. The molecule has 35 heavy (non-hydrogen) atoms. The van der Waals surface area contributed by atoms with Crippen molar-refractivity contribution in [3.05, 3.63) is 131 Å². The summed E-state index contributed by atoms with van der Waals surface area (Å²) in [7, 11) is 1.61. The fourth-order valence-corrected chi connectivity index (χ4v) is 3.62. The molecule has 0 saturated heterocycles. The highest BCUT2D eigenvalue weighted by Crippen LogP contribution is 2.23. The maximum absolute atomic E-state index is 13.5. The van der Waals surface area contributed by atoms with Crippen molar-refractivity contribution in [2.24, 2.45) is 0 Å². The predicted octanol–water partition coefficient (Wildman–Crippen LogP) is 5.80. The Morgan fingerprint density at radius 1 is 0.771 bits per heavy atom. The van der Waals surface area contributed by atoms with E-state index in [2.05, 4.69) is 10.6 Å². The van der Waals surface area contributed by atoms with E-state index < -0.39 is 0 Å². The van der Waals surface area contributed by atoms with Crippen LogP contribution in [0.2, 0.25) is 0 Å². The molecule has 2 amide bonds. The Kier molecular flexibility index (Phi) is 7.71. The van der Waals surface area contributed by atoms with Crippen molar-refractivity contribution in [1.82, 2.24) is 5.32 Å². The molecule has 0 aromatic heterocycles. The molecule has 0 radical (unpaired) electrons. The molecule has 0 aliphatic carbocycles. The lowest BCUT2D eigenvalue weighted by atomic mass is 10.0. The minimum atomic E-state index is -0.310. The molecule has 174 valence electrons. The second-order valence-corrected chi connectivity index (χ2v) is 7.87. The SMILES string of the molecule is COc1ccc(/C=C(/C(=O)Nc2ccccc2C(=O)NCc2ccccc2)c2ccccc2)cc1. The van der Waals surface area contributed by atoms with E-state index in [1.807, 2.05) is 91.0 Å². The van der Waals surface area contributed by atoms with Gasteiger partial charge < -0.3 is 15.4 Å². The van der Waals surface area contributed by atoms with Crippen LogP contribution in [0.3, 0.4) is 0 Å². The topological polar surface area (TPSA) is 67.4 Å². The Hall–Kier alpha value is -4.64. The average Bonchev–Trinajstić information content (AvgIpc) is 2.92. The first kappa shape index (κ1) is 23.5. The van der Waals surface area contributed by atoms with Crippen LogP contribution in [0.5, 0.6) is 5.75 Å². The number of hydrogen-bond acceptors (Lipinski definition) is 3. The highest BCUT2D eigenvalue weighted by molar-refractivity contribution is 6.29. The second kappa shape index (κ2) is 11.5. The highest BCUT2D eigenvalue weighted by Gasteiger charge is 2.17. The van der Waals surface area contributed by atoms with Gasteiger partial charge in [0.15, 0.2) is 0 Å². The predicted molar refractivity (Wildman–Crippen MR) is 140 cm³/mol. The number of carbonyl (C=O) groups is 2. The molecule has 0 heterocycles. The maximum Gasteiger partial charge on any atom is 0.256 e. The van der Waals surface area contributed by atoms with Crippen molar-refractivity contribution in [3.8, 4) is 5.75 Å². The number of hydrogen-bond donors (Lipinski definition) is 2. The molecule has 5 heteroatoms. The molecule has 4 aromatic rings. The molecule has 4 rings (SSSR count). The summed E-state index contributed by atoms with van der Waals surface area (Å²) in [5.41, 5.74) is 3.94. The van der Waals surface area contributed by atoms with Gasteiger partial charge in [-0.3, -0.25) is 9.59 Å². The second-order valence-electron chi connectivity index (χ2n) is 7.87. The van der Waals surface area contributed by atoms with Gasteiger partial charge in [-0.1, -0.05) is 84.9 Å². The van der Waals surface area contributed by atoms with Gasteiger partial charge in [0.05, 0.1) is 18.4 Å². The normalized spacial score (nSPS) is 10.9. The van der Waals surface area contributed by atoms with E-state index in [-0.39, 0.29) is 11.8 Å². The molecular weight excluding hydrogens is 436 g/mol. The number of ether oxygens (including phenoxy) is 1. The van der Waals surface area contributed by atoms with Crippen molar-refractivity contribution >= 4 is 29.2 Å². The summed E-state index contributed by atoms with van der Waals surface area (Å²) in [6.07, 6.45) is 1.82. The lowest BCUT2D eigenvalue weighted by Crippen LogP contribution is -2.25. The quantitative estimate of drug-likeness (QED) is 0.257. The van der Waals surface area contributed by atoms with Gasteiger partial charge >= 0.3 is 0 Å². The van der Waals surface area contributed by atoms with Gasteiger partial charge in [-0.25, -0.2) is 0 Å². The van der Waals surface area contributed by atoms with Crippen LogP contribution in [0.25, 0.3) is 11.6 Å². The van der Waals surface area contributed by atoms with Crippen LogP contribution in [0.15, 0.2) is 109 Å². The molecule has 0 aliphatic rings. The van der Waals surface area contributed by atoms with Crippen LogP contribution in [0, 0.1) is 0 Å².